The number of hydrogen-bond donors (Lipinski definition) is 1. The lowest BCUT2D eigenvalue weighted by Crippen LogP contribution is -2.21. The second-order valence-electron chi connectivity index (χ2n) is 5.18. The Balaban J connectivity index is 1.73. The van der Waals surface area contributed by atoms with Crippen molar-refractivity contribution in [3.05, 3.63) is 29.8 Å². The highest BCUT2D eigenvalue weighted by Crippen LogP contribution is 2.18. The first-order chi connectivity index (χ1) is 9.88. The van der Waals surface area contributed by atoms with Crippen LogP contribution in [0, 0.1) is 5.92 Å². The predicted molar refractivity (Wildman–Crippen MR) is 79.1 cm³/mol. The average molecular weight is 279 g/mol. The molecule has 1 aliphatic rings. The monoisotopic (exact) mass is 279 g/mol. The molecule has 1 saturated heterocycles. The van der Waals surface area contributed by atoms with Gasteiger partial charge in [-0.05, 0) is 36.5 Å². The molecule has 0 radical (unpaired) electrons. The third-order valence-electron chi connectivity index (χ3n) is 3.54. The zero-order valence-electron chi connectivity index (χ0n) is 12.3. The molecule has 1 aromatic rings. The maximum absolute atomic E-state index is 5.91. The van der Waals surface area contributed by atoms with Crippen molar-refractivity contribution in [1.29, 1.82) is 0 Å². The maximum Gasteiger partial charge on any atom is 0.119 e. The molecular weight excluding hydrogens is 254 g/mol. The van der Waals surface area contributed by atoms with Gasteiger partial charge in [-0.25, -0.2) is 0 Å². The third-order valence-corrected chi connectivity index (χ3v) is 3.54. The largest absolute Gasteiger partial charge is 0.493 e. The van der Waals surface area contributed by atoms with Gasteiger partial charge in [-0.3, -0.25) is 0 Å². The minimum atomic E-state index is 0.632. The van der Waals surface area contributed by atoms with Gasteiger partial charge < -0.3 is 19.5 Å². The molecule has 112 valence electrons. The highest BCUT2D eigenvalue weighted by atomic mass is 16.5. The molecule has 1 heterocycles. The number of methoxy groups -OCH3 is 1. The molecule has 0 spiro atoms. The summed E-state index contributed by atoms with van der Waals surface area (Å²) in [7, 11) is 1.71. The number of benzene rings is 1. The zero-order chi connectivity index (χ0) is 14.0. The first-order valence-corrected chi connectivity index (χ1v) is 7.37. The number of ether oxygens (including phenoxy) is 3. The Morgan fingerprint density at radius 3 is 2.95 bits per heavy atom. The van der Waals surface area contributed by atoms with Crippen molar-refractivity contribution in [1.82, 2.24) is 5.32 Å². The van der Waals surface area contributed by atoms with E-state index in [2.05, 4.69) is 17.4 Å². The van der Waals surface area contributed by atoms with Crippen LogP contribution < -0.4 is 10.1 Å². The van der Waals surface area contributed by atoms with E-state index in [9.17, 15) is 0 Å². The van der Waals surface area contributed by atoms with Crippen molar-refractivity contribution in [2.45, 2.75) is 19.4 Å². The lowest BCUT2D eigenvalue weighted by molar-refractivity contribution is 0.0497. The highest BCUT2D eigenvalue weighted by molar-refractivity contribution is 5.28. The molecule has 0 unspecified atom stereocenters. The Morgan fingerprint density at radius 1 is 1.30 bits per heavy atom. The predicted octanol–water partition coefficient (Wildman–Crippen LogP) is 2.23. The summed E-state index contributed by atoms with van der Waals surface area (Å²) in [6.45, 7) is 4.99. The fourth-order valence-electron chi connectivity index (χ4n) is 2.28. The molecule has 0 bridgehead atoms. The minimum absolute atomic E-state index is 0.632. The number of nitrogens with one attached hydrogen (secondary N) is 1. The molecule has 1 aliphatic heterocycles. The van der Waals surface area contributed by atoms with E-state index in [-0.39, 0.29) is 0 Å². The summed E-state index contributed by atoms with van der Waals surface area (Å²) in [5, 5.41) is 3.34. The van der Waals surface area contributed by atoms with Crippen LogP contribution in [0.3, 0.4) is 0 Å². The topological polar surface area (TPSA) is 39.7 Å². The second kappa shape index (κ2) is 8.95. The van der Waals surface area contributed by atoms with Crippen LogP contribution in [0.5, 0.6) is 5.75 Å². The van der Waals surface area contributed by atoms with E-state index in [0.29, 0.717) is 5.92 Å². The molecular formula is C16H25NO3. The molecule has 4 heteroatoms. The standard InChI is InChI=1S/C16H25NO3/c1-18-10-7-17-12-15-3-2-4-16(11-15)20-13-14-5-8-19-9-6-14/h2-4,11,14,17H,5-10,12-13H2,1H3. The van der Waals surface area contributed by atoms with Crippen LogP contribution in [0.25, 0.3) is 0 Å². The van der Waals surface area contributed by atoms with Crippen molar-refractivity contribution < 1.29 is 14.2 Å². The average Bonchev–Trinajstić information content (AvgIpc) is 2.51. The van der Waals surface area contributed by atoms with Crippen LogP contribution in [-0.2, 0) is 16.0 Å². The first-order valence-electron chi connectivity index (χ1n) is 7.37. The lowest BCUT2D eigenvalue weighted by Gasteiger charge is -2.22. The van der Waals surface area contributed by atoms with E-state index in [4.69, 9.17) is 14.2 Å². The van der Waals surface area contributed by atoms with Gasteiger partial charge in [-0.15, -0.1) is 0 Å². The Morgan fingerprint density at radius 2 is 2.15 bits per heavy atom. The van der Waals surface area contributed by atoms with E-state index >= 15 is 0 Å². The molecule has 0 aliphatic carbocycles. The fraction of sp³-hybridized carbons (Fsp3) is 0.625. The van der Waals surface area contributed by atoms with Gasteiger partial charge in [-0.2, -0.15) is 0 Å². The van der Waals surface area contributed by atoms with Crippen LogP contribution in [0.2, 0.25) is 0 Å². The fourth-order valence-corrected chi connectivity index (χ4v) is 2.28. The Kier molecular flexibility index (Phi) is 6.84. The van der Waals surface area contributed by atoms with Crippen LogP contribution in [0.4, 0.5) is 0 Å². The van der Waals surface area contributed by atoms with Gasteiger partial charge in [0.1, 0.15) is 5.75 Å². The van der Waals surface area contributed by atoms with E-state index in [1.807, 2.05) is 12.1 Å². The van der Waals surface area contributed by atoms with Gasteiger partial charge in [0.25, 0.3) is 0 Å². The van der Waals surface area contributed by atoms with E-state index in [0.717, 1.165) is 58.1 Å². The van der Waals surface area contributed by atoms with Crippen LogP contribution >= 0.6 is 0 Å². The van der Waals surface area contributed by atoms with Gasteiger partial charge in [0.05, 0.1) is 13.2 Å². The van der Waals surface area contributed by atoms with Crippen molar-refractivity contribution in [2.24, 2.45) is 5.92 Å². The van der Waals surface area contributed by atoms with Gasteiger partial charge in [0.2, 0.25) is 0 Å². The van der Waals surface area contributed by atoms with E-state index in [1.54, 1.807) is 7.11 Å². The van der Waals surface area contributed by atoms with Crippen LogP contribution in [0.15, 0.2) is 24.3 Å². The molecule has 0 amide bonds. The minimum Gasteiger partial charge on any atom is -0.493 e. The van der Waals surface area contributed by atoms with Gasteiger partial charge in [-0.1, -0.05) is 12.1 Å². The highest BCUT2D eigenvalue weighted by Gasteiger charge is 2.14. The van der Waals surface area contributed by atoms with Crippen LogP contribution in [-0.4, -0.2) is 40.1 Å². The zero-order valence-corrected chi connectivity index (χ0v) is 12.3. The molecule has 20 heavy (non-hydrogen) atoms. The summed E-state index contributed by atoms with van der Waals surface area (Å²) in [6, 6.07) is 8.30. The summed E-state index contributed by atoms with van der Waals surface area (Å²) in [5.41, 5.74) is 1.24. The summed E-state index contributed by atoms with van der Waals surface area (Å²) >= 11 is 0. The molecule has 4 nitrogen and oxygen atoms in total. The second-order valence-corrected chi connectivity index (χ2v) is 5.18. The SMILES string of the molecule is COCCNCc1cccc(OCC2CCOCC2)c1. The van der Waals surface area contributed by atoms with E-state index < -0.39 is 0 Å². The van der Waals surface area contributed by atoms with E-state index in [1.165, 1.54) is 5.56 Å². The van der Waals surface area contributed by atoms with Gasteiger partial charge in [0.15, 0.2) is 0 Å². The third kappa shape index (κ3) is 5.49. The van der Waals surface area contributed by atoms with Gasteiger partial charge >= 0.3 is 0 Å². The molecule has 1 fully saturated rings. The normalized spacial score (nSPS) is 16.2. The number of hydrogen-bond acceptors (Lipinski definition) is 4. The van der Waals surface area contributed by atoms with Crippen molar-refractivity contribution in [2.75, 3.05) is 40.1 Å². The number of rotatable bonds is 8. The Hall–Kier alpha value is -1.10. The van der Waals surface area contributed by atoms with Crippen molar-refractivity contribution in [3.8, 4) is 5.75 Å². The lowest BCUT2D eigenvalue weighted by atomic mass is 10.0. The molecule has 1 N–H and O–H groups in total. The first kappa shape index (κ1) is 15.3. The smallest absolute Gasteiger partial charge is 0.119 e. The van der Waals surface area contributed by atoms with Crippen molar-refractivity contribution in [3.63, 3.8) is 0 Å². The van der Waals surface area contributed by atoms with Crippen LogP contribution in [0.1, 0.15) is 18.4 Å². The molecule has 0 saturated carbocycles. The molecule has 0 aromatic heterocycles. The van der Waals surface area contributed by atoms with Crippen molar-refractivity contribution >= 4 is 0 Å². The molecule has 0 atom stereocenters. The maximum atomic E-state index is 5.91. The van der Waals surface area contributed by atoms with Gasteiger partial charge in [0, 0.05) is 33.4 Å². The summed E-state index contributed by atoms with van der Waals surface area (Å²) in [6.07, 6.45) is 2.22. The quantitative estimate of drug-likeness (QED) is 0.741. The summed E-state index contributed by atoms with van der Waals surface area (Å²) < 4.78 is 16.3. The molecule has 2 rings (SSSR count). The Bertz CT molecular complexity index is 378. The summed E-state index contributed by atoms with van der Waals surface area (Å²) in [5.74, 6) is 1.59. The Labute approximate surface area is 121 Å². The molecule has 1 aromatic carbocycles. The summed E-state index contributed by atoms with van der Waals surface area (Å²) in [4.78, 5) is 0.